The number of morpholine rings is 1. The predicted molar refractivity (Wildman–Crippen MR) is 76.6 cm³/mol. The first-order valence-corrected chi connectivity index (χ1v) is 7.04. The summed E-state index contributed by atoms with van der Waals surface area (Å²) in [6, 6.07) is 6.97. The quantitative estimate of drug-likeness (QED) is 0.754. The van der Waals surface area contributed by atoms with E-state index < -0.39 is 6.10 Å². The number of aliphatic hydroxyl groups is 1. The van der Waals surface area contributed by atoms with Gasteiger partial charge in [0.15, 0.2) is 0 Å². The average Bonchev–Trinajstić information content (AvgIpc) is 2.46. The molecule has 6 heteroatoms. The van der Waals surface area contributed by atoms with Gasteiger partial charge in [0.05, 0.1) is 19.3 Å². The predicted octanol–water partition coefficient (Wildman–Crippen LogP) is 0.868. The molecule has 1 aliphatic heterocycles. The summed E-state index contributed by atoms with van der Waals surface area (Å²) in [5.74, 6) is -0.0963. The minimum atomic E-state index is -0.730. The van der Waals surface area contributed by atoms with Crippen molar-refractivity contribution in [1.82, 2.24) is 10.6 Å². The SMILES string of the molecule is O=C(CC1COCCN1)NCC(O)c1ccc(Cl)cc1. The molecule has 0 aromatic heterocycles. The fourth-order valence-electron chi connectivity index (χ4n) is 2.06. The van der Waals surface area contributed by atoms with E-state index in [4.69, 9.17) is 16.3 Å². The van der Waals surface area contributed by atoms with Crippen LogP contribution in [0, 0.1) is 0 Å². The summed E-state index contributed by atoms with van der Waals surface area (Å²) in [5.41, 5.74) is 0.730. The van der Waals surface area contributed by atoms with Crippen LogP contribution >= 0.6 is 11.6 Å². The van der Waals surface area contributed by atoms with E-state index in [1.807, 2.05) is 0 Å². The average molecular weight is 299 g/mol. The van der Waals surface area contributed by atoms with Crippen LogP contribution in [0.2, 0.25) is 5.02 Å². The Hall–Kier alpha value is -1.14. The van der Waals surface area contributed by atoms with Crippen molar-refractivity contribution in [3.05, 3.63) is 34.9 Å². The molecule has 110 valence electrons. The van der Waals surface area contributed by atoms with E-state index in [1.54, 1.807) is 24.3 Å². The van der Waals surface area contributed by atoms with Gasteiger partial charge in [-0.05, 0) is 17.7 Å². The third-order valence-electron chi connectivity index (χ3n) is 3.18. The van der Waals surface area contributed by atoms with Crippen LogP contribution in [0.1, 0.15) is 18.1 Å². The van der Waals surface area contributed by atoms with Gasteiger partial charge in [-0.25, -0.2) is 0 Å². The summed E-state index contributed by atoms with van der Waals surface area (Å²) >= 11 is 5.78. The summed E-state index contributed by atoms with van der Waals surface area (Å²) in [6.45, 7) is 2.19. The van der Waals surface area contributed by atoms with Gasteiger partial charge in [-0.3, -0.25) is 4.79 Å². The number of hydrogen-bond acceptors (Lipinski definition) is 4. The first kappa shape index (κ1) is 15.3. The van der Waals surface area contributed by atoms with Gasteiger partial charge in [-0.15, -0.1) is 0 Å². The van der Waals surface area contributed by atoms with Crippen molar-refractivity contribution in [3.63, 3.8) is 0 Å². The van der Waals surface area contributed by atoms with E-state index in [0.717, 1.165) is 12.1 Å². The van der Waals surface area contributed by atoms with Crippen LogP contribution in [0.5, 0.6) is 0 Å². The van der Waals surface area contributed by atoms with E-state index in [0.29, 0.717) is 24.7 Å². The normalized spacial score (nSPS) is 20.4. The number of carbonyl (C=O) groups excluding carboxylic acids is 1. The molecule has 1 aromatic rings. The zero-order valence-corrected chi connectivity index (χ0v) is 11.9. The molecule has 2 rings (SSSR count). The van der Waals surface area contributed by atoms with E-state index >= 15 is 0 Å². The molecule has 1 aromatic carbocycles. The molecular formula is C14H19ClN2O3. The summed E-state index contributed by atoms with van der Waals surface area (Å²) in [7, 11) is 0. The van der Waals surface area contributed by atoms with E-state index in [-0.39, 0.29) is 18.5 Å². The van der Waals surface area contributed by atoms with Gasteiger partial charge in [0, 0.05) is 30.6 Å². The lowest BCUT2D eigenvalue weighted by atomic mass is 10.1. The van der Waals surface area contributed by atoms with E-state index in [2.05, 4.69) is 10.6 Å². The lowest BCUT2D eigenvalue weighted by molar-refractivity contribution is -0.122. The highest BCUT2D eigenvalue weighted by Crippen LogP contribution is 2.15. The van der Waals surface area contributed by atoms with Gasteiger partial charge in [-0.1, -0.05) is 23.7 Å². The second kappa shape index (κ2) is 7.59. The van der Waals surface area contributed by atoms with Crippen LogP contribution in [-0.4, -0.2) is 43.4 Å². The van der Waals surface area contributed by atoms with Gasteiger partial charge in [0.2, 0.25) is 5.91 Å². The molecule has 1 amide bonds. The molecule has 0 bridgehead atoms. The Balaban J connectivity index is 1.73. The number of hydrogen-bond donors (Lipinski definition) is 3. The van der Waals surface area contributed by atoms with Crippen molar-refractivity contribution in [1.29, 1.82) is 0 Å². The van der Waals surface area contributed by atoms with Crippen LogP contribution in [0.3, 0.4) is 0 Å². The number of nitrogens with one attached hydrogen (secondary N) is 2. The maximum absolute atomic E-state index is 11.8. The van der Waals surface area contributed by atoms with Crippen LogP contribution in [0.25, 0.3) is 0 Å². The molecule has 2 unspecified atom stereocenters. The van der Waals surface area contributed by atoms with E-state index in [1.165, 1.54) is 0 Å². The van der Waals surface area contributed by atoms with Crippen molar-refractivity contribution >= 4 is 17.5 Å². The number of rotatable bonds is 5. The maximum atomic E-state index is 11.8. The molecule has 1 saturated heterocycles. The standard InChI is InChI=1S/C14H19ClN2O3/c15-11-3-1-10(2-4-11)13(18)8-17-14(19)7-12-9-20-6-5-16-12/h1-4,12-13,16,18H,5-9H2,(H,17,19). The first-order chi connectivity index (χ1) is 9.65. The second-order valence-corrected chi connectivity index (χ2v) is 5.24. The van der Waals surface area contributed by atoms with Crippen LogP contribution in [0.4, 0.5) is 0 Å². The highest BCUT2D eigenvalue weighted by atomic mass is 35.5. The molecule has 0 saturated carbocycles. The molecule has 0 radical (unpaired) electrons. The van der Waals surface area contributed by atoms with Gasteiger partial charge in [0.25, 0.3) is 0 Å². The number of aliphatic hydroxyl groups excluding tert-OH is 1. The van der Waals surface area contributed by atoms with E-state index in [9.17, 15) is 9.90 Å². The fourth-order valence-corrected chi connectivity index (χ4v) is 2.19. The van der Waals surface area contributed by atoms with Crippen LogP contribution in [-0.2, 0) is 9.53 Å². The Morgan fingerprint density at radius 2 is 2.25 bits per heavy atom. The Morgan fingerprint density at radius 1 is 1.50 bits per heavy atom. The third kappa shape index (κ3) is 4.76. The minimum Gasteiger partial charge on any atom is -0.387 e. The Labute approximate surface area is 123 Å². The number of benzene rings is 1. The summed E-state index contributed by atoms with van der Waals surface area (Å²) in [5, 5.41) is 16.5. The van der Waals surface area contributed by atoms with Crippen LogP contribution < -0.4 is 10.6 Å². The monoisotopic (exact) mass is 298 g/mol. The molecule has 1 fully saturated rings. The first-order valence-electron chi connectivity index (χ1n) is 6.66. The summed E-state index contributed by atoms with van der Waals surface area (Å²) in [6.07, 6.45) is -0.375. The second-order valence-electron chi connectivity index (χ2n) is 4.80. The molecule has 5 nitrogen and oxygen atoms in total. The summed E-state index contributed by atoms with van der Waals surface area (Å²) in [4.78, 5) is 11.8. The minimum absolute atomic E-state index is 0.0522. The zero-order valence-electron chi connectivity index (χ0n) is 11.1. The lowest BCUT2D eigenvalue weighted by Gasteiger charge is -2.23. The largest absolute Gasteiger partial charge is 0.387 e. The molecule has 0 aliphatic carbocycles. The number of halogens is 1. The fraction of sp³-hybridized carbons (Fsp3) is 0.500. The molecule has 1 aliphatic rings. The molecule has 0 spiro atoms. The highest BCUT2D eigenvalue weighted by Gasteiger charge is 2.17. The Bertz CT molecular complexity index is 433. The Morgan fingerprint density at radius 3 is 2.90 bits per heavy atom. The van der Waals surface area contributed by atoms with Crippen molar-refractivity contribution in [3.8, 4) is 0 Å². The lowest BCUT2D eigenvalue weighted by Crippen LogP contribution is -2.44. The van der Waals surface area contributed by atoms with Gasteiger partial charge in [0.1, 0.15) is 0 Å². The smallest absolute Gasteiger partial charge is 0.221 e. The zero-order chi connectivity index (χ0) is 14.4. The van der Waals surface area contributed by atoms with Crippen molar-refractivity contribution in [2.45, 2.75) is 18.6 Å². The molecule has 1 heterocycles. The summed E-state index contributed by atoms with van der Waals surface area (Å²) < 4.78 is 5.28. The van der Waals surface area contributed by atoms with Gasteiger partial charge < -0.3 is 20.5 Å². The van der Waals surface area contributed by atoms with Gasteiger partial charge >= 0.3 is 0 Å². The molecule has 2 atom stereocenters. The molecular weight excluding hydrogens is 280 g/mol. The number of carbonyl (C=O) groups is 1. The van der Waals surface area contributed by atoms with Crippen LogP contribution in [0.15, 0.2) is 24.3 Å². The Kier molecular flexibility index (Phi) is 5.79. The topological polar surface area (TPSA) is 70.6 Å². The van der Waals surface area contributed by atoms with Gasteiger partial charge in [-0.2, -0.15) is 0 Å². The number of amides is 1. The number of ether oxygens (including phenoxy) is 1. The van der Waals surface area contributed by atoms with Crippen molar-refractivity contribution in [2.24, 2.45) is 0 Å². The highest BCUT2D eigenvalue weighted by molar-refractivity contribution is 6.30. The maximum Gasteiger partial charge on any atom is 0.221 e. The molecule has 20 heavy (non-hydrogen) atoms. The van der Waals surface area contributed by atoms with Crippen molar-refractivity contribution in [2.75, 3.05) is 26.3 Å². The third-order valence-corrected chi connectivity index (χ3v) is 3.43. The van der Waals surface area contributed by atoms with Crippen molar-refractivity contribution < 1.29 is 14.6 Å². The molecule has 3 N–H and O–H groups in total.